The summed E-state index contributed by atoms with van der Waals surface area (Å²) in [6.07, 6.45) is 3.87. The van der Waals surface area contributed by atoms with E-state index in [9.17, 15) is 110 Å². The second-order valence-corrected chi connectivity index (χ2v) is 34.2. The quantitative estimate of drug-likeness (QED) is 0.00971. The van der Waals surface area contributed by atoms with Gasteiger partial charge in [0.15, 0.2) is 0 Å². The highest BCUT2D eigenvalue weighted by Gasteiger charge is 2.30. The number of nitrogens with zero attached hydrogens (tertiary/aromatic N) is 14. The molecule has 0 saturated carbocycles. The molecule has 0 bridgehead atoms. The van der Waals surface area contributed by atoms with E-state index in [4.69, 9.17) is 20.9 Å². The van der Waals surface area contributed by atoms with E-state index in [0.29, 0.717) is 117 Å². The van der Waals surface area contributed by atoms with E-state index in [1.165, 1.54) is 67.5 Å². The van der Waals surface area contributed by atoms with Crippen LogP contribution in [0.15, 0.2) is 121 Å². The lowest BCUT2D eigenvalue weighted by Gasteiger charge is -2.31. The first-order valence-corrected chi connectivity index (χ1v) is 46.0. The SMILES string of the molecule is CB(O)N1CCNCCN(B(C)O)CC1.CB(O)NC(C=O)Cc1ccc([N+](=O)[O-])cc1.CB(O)NC(CO)Cc1ccc([N+](=O)[O-])cc1.CB(O)NC(Cc1ccc([N+](=O)[O-])cc1)CN1CCN(B(C)O)CCN(B(C)O)CC1.NC(Cc1ccc([N+](=O)[O-])cc1)CN1CCNCCNCC1.O=C(O)CCC(Cc1ccc([N+](=O)[O-])cc1)CN1CCN(CC(=O)O)CCN(CC(=O)O)CC1. The van der Waals surface area contributed by atoms with Gasteiger partial charge in [-0.2, -0.15) is 0 Å². The number of carbonyl (C=O) groups excluding carboxylic acids is 1. The molecule has 9 rings (SSSR count). The van der Waals surface area contributed by atoms with Crippen molar-refractivity contribution >= 4 is 102 Å². The number of rotatable bonds is 40. The fourth-order valence-electron chi connectivity index (χ4n) is 15.5. The van der Waals surface area contributed by atoms with E-state index < -0.39 is 93.0 Å². The summed E-state index contributed by atoms with van der Waals surface area (Å²) in [6, 6.07) is 30.6. The van der Waals surface area contributed by atoms with Crippen LogP contribution >= 0.6 is 0 Å². The van der Waals surface area contributed by atoms with Crippen LogP contribution in [0.25, 0.3) is 0 Å². The number of nitrogens with two attached hydrogens (primary N) is 1. The molecule has 5 aromatic carbocycles. The first kappa shape index (κ1) is 119. The molecule has 0 aromatic heterocycles. The number of nitro groups is 5. The van der Waals surface area contributed by atoms with Gasteiger partial charge in [-0.25, -0.2) is 0 Å². The van der Waals surface area contributed by atoms with Gasteiger partial charge in [0.1, 0.15) is 6.29 Å². The van der Waals surface area contributed by atoms with E-state index in [-0.39, 0.29) is 83.5 Å². The predicted molar refractivity (Wildman–Crippen MR) is 525 cm³/mol. The fraction of sp³-hybridized carbons (Fsp3) is 0.590. The number of aldehydes is 1. The number of nitro benzene ring substituents is 5. The first-order chi connectivity index (χ1) is 64.6. The normalized spacial score (nSPS) is 16.9. The minimum absolute atomic E-state index is 0.0112. The van der Waals surface area contributed by atoms with Gasteiger partial charge in [-0.05, 0) is 120 Å². The number of aliphatic carboxylic acids is 3. The van der Waals surface area contributed by atoms with E-state index >= 15 is 0 Å². The molecule has 4 fully saturated rings. The van der Waals surface area contributed by atoms with E-state index in [0.717, 1.165) is 132 Å². The van der Waals surface area contributed by atoms with Crippen molar-refractivity contribution in [3.8, 4) is 0 Å². The maximum absolute atomic E-state index is 11.2. The molecule has 4 aliphatic rings. The third-order valence-electron chi connectivity index (χ3n) is 22.9. The highest BCUT2D eigenvalue weighted by atomic mass is 16.6. The summed E-state index contributed by atoms with van der Waals surface area (Å²) >= 11 is 0. The number of aliphatic hydroxyl groups is 1. The van der Waals surface area contributed by atoms with Gasteiger partial charge in [0.2, 0.25) is 0 Å². The van der Waals surface area contributed by atoms with Gasteiger partial charge in [-0.3, -0.25) is 84.6 Å². The zero-order valence-corrected chi connectivity index (χ0v) is 79.2. The molecule has 0 amide bonds. The molecule has 136 heavy (non-hydrogen) atoms. The molecule has 748 valence electrons. The lowest BCUT2D eigenvalue weighted by Crippen LogP contribution is -2.50. The van der Waals surface area contributed by atoms with Crippen LogP contribution in [-0.2, 0) is 51.3 Å². The third-order valence-corrected chi connectivity index (χ3v) is 22.9. The Morgan fingerprint density at radius 2 is 0.647 bits per heavy atom. The number of hydrogen-bond acceptors (Lipinski definition) is 38. The number of carboxylic acid groups (broad SMARTS) is 3. The van der Waals surface area contributed by atoms with Crippen molar-refractivity contribution in [1.29, 1.82) is 0 Å². The molecule has 5 atom stereocenters. The smallest absolute Gasteiger partial charge is 0.376 e. The van der Waals surface area contributed by atoms with E-state index in [1.54, 1.807) is 111 Å². The summed E-state index contributed by atoms with van der Waals surface area (Å²) in [7, 11) is -4.14. The average Bonchev–Trinajstić information content (AvgIpc) is 1.49. The minimum atomic E-state index is -0.951. The van der Waals surface area contributed by atoms with Crippen molar-refractivity contribution < 1.29 is 99.4 Å². The van der Waals surface area contributed by atoms with Gasteiger partial charge in [-0.15, -0.1) is 0 Å². The van der Waals surface area contributed by atoms with Crippen molar-refractivity contribution in [3.05, 3.63) is 200 Å². The highest BCUT2D eigenvalue weighted by Crippen LogP contribution is 2.23. The van der Waals surface area contributed by atoms with Crippen LogP contribution in [0.1, 0.15) is 40.7 Å². The Balaban J connectivity index is 0.000000350. The average molecular weight is 1910 g/mol. The first-order valence-electron chi connectivity index (χ1n) is 46.0. The molecule has 4 aliphatic heterocycles. The number of benzene rings is 5. The van der Waals surface area contributed by atoms with Crippen molar-refractivity contribution in [1.82, 2.24) is 75.4 Å². The topological polar surface area (TPSA) is 634 Å². The summed E-state index contributed by atoms with van der Waals surface area (Å²) in [6.45, 7) is 31.8. The van der Waals surface area contributed by atoms with Crippen molar-refractivity contribution in [2.75, 3.05) is 196 Å². The number of nitrogens with one attached hydrogen (secondary N) is 6. The molecule has 4 heterocycles. The summed E-state index contributed by atoms with van der Waals surface area (Å²) in [4.78, 5) is 114. The number of aliphatic hydroxyl groups excluding tert-OH is 1. The monoisotopic (exact) mass is 1910 g/mol. The minimum Gasteiger partial charge on any atom is -0.481 e. The molecule has 46 nitrogen and oxygen atoms in total. The van der Waals surface area contributed by atoms with Crippen LogP contribution in [0.5, 0.6) is 0 Å². The second kappa shape index (κ2) is 66.3. The lowest BCUT2D eigenvalue weighted by atomic mass is 9.83. The molecule has 0 aliphatic carbocycles. The van der Waals surface area contributed by atoms with Crippen LogP contribution in [-0.4, -0.2) is 418 Å². The maximum Gasteiger partial charge on any atom is 0.376 e. The van der Waals surface area contributed by atoms with Crippen molar-refractivity contribution in [2.24, 2.45) is 11.7 Å². The molecule has 0 spiro atoms. The maximum atomic E-state index is 11.2. The Labute approximate surface area is 797 Å². The molecule has 0 radical (unpaired) electrons. The number of carbonyl (C=O) groups is 4. The Morgan fingerprint density at radius 3 is 0.971 bits per heavy atom. The van der Waals surface area contributed by atoms with Gasteiger partial charge in [0.05, 0.1) is 50.4 Å². The van der Waals surface area contributed by atoms with Crippen LogP contribution in [0, 0.1) is 56.5 Å². The van der Waals surface area contributed by atoms with E-state index in [2.05, 4.69) is 46.3 Å². The predicted octanol–water partition coefficient (Wildman–Crippen LogP) is -0.971. The number of non-ortho nitro benzene ring substituents is 5. The van der Waals surface area contributed by atoms with Gasteiger partial charge in [0.25, 0.3) is 28.4 Å². The summed E-state index contributed by atoms with van der Waals surface area (Å²) in [5.41, 5.74) is 11.0. The Bertz CT molecular complexity index is 4200. The molecule has 19 N–H and O–H groups in total. The molecular formula is C83H140B7N21O25. The molecule has 5 aromatic rings. The number of carboxylic acids is 3. The molecule has 53 heteroatoms. The van der Waals surface area contributed by atoms with Crippen LogP contribution in [0.4, 0.5) is 28.4 Å². The summed E-state index contributed by atoms with van der Waals surface area (Å²) < 4.78 is 0. The summed E-state index contributed by atoms with van der Waals surface area (Å²) in [5, 5.41) is 176. The van der Waals surface area contributed by atoms with Gasteiger partial charge >= 0.3 is 67.3 Å². The highest BCUT2D eigenvalue weighted by molar-refractivity contribution is 6.47. The zero-order valence-electron chi connectivity index (χ0n) is 79.2. The third kappa shape index (κ3) is 51.9. The van der Waals surface area contributed by atoms with Gasteiger partial charge in [-0.1, -0.05) is 60.7 Å². The lowest BCUT2D eigenvalue weighted by molar-refractivity contribution is -0.385. The van der Waals surface area contributed by atoms with Crippen molar-refractivity contribution in [3.63, 3.8) is 0 Å². The standard InChI is InChI=1S/C22H32N4O8.C18H34B3N5O5.C15H25N5O2.C10H15BN2O4.C10H13BN2O4.C8H21B2N3O2/c27-20(28)6-3-18(13-17-1-4-19(5-2-17)26(33)34)14-23-7-9-24(15-21(29)30)11-12-25(10-8-23)16-22(31)32;1-19(27)22-17(14-16-4-6-18(7-5-16)26(30)31)15-23-8-10-24(20(2)28)12-13-25(11-9-23)21(3)29;16-14(11-13-1-3-15(4-2-13)20(21)22)12-19-9-7-17-5-6-18-8-10-19;2*1-11(15)12-9(7-14)6-8-2-4-10(5-3-8)13(16)17;1-9(14)12-5-3-11-4-6-13(8-7-12)10(2)15/h1-2,4-5,18H,3,6-16H2,(H,27,28)(H,29,30)(H,31,32);4-7,17,22,27-29H,8-15H2,1-3H3;1-4,14,17-18H,5-12,16H2;2-5,9,12,14-15H,6-7H2,1H3;2-5,7,9,12,15H,6H2,1H3;11,14-15H,3-8H2,1-2H3. The van der Waals surface area contributed by atoms with Gasteiger partial charge < -0.3 is 122 Å². The molecule has 4 saturated heterocycles. The largest absolute Gasteiger partial charge is 0.481 e. The number of hydrogen-bond donors (Lipinski definition) is 18. The fourth-order valence-corrected chi connectivity index (χ4v) is 15.5. The zero-order chi connectivity index (χ0) is 101. The molecule has 5 unspecified atom stereocenters. The van der Waals surface area contributed by atoms with Crippen LogP contribution in [0.2, 0.25) is 47.8 Å². The molecular weight excluding hydrogens is 1770 g/mol. The van der Waals surface area contributed by atoms with Gasteiger partial charge in [0, 0.05) is 262 Å². The van der Waals surface area contributed by atoms with E-state index in [1.807, 2.05) is 19.2 Å². The Hall–Kier alpha value is -9.33. The summed E-state index contributed by atoms with van der Waals surface area (Å²) in [5.74, 6) is -2.85. The Morgan fingerprint density at radius 1 is 0.368 bits per heavy atom. The van der Waals surface area contributed by atoms with Crippen LogP contribution < -0.4 is 37.4 Å². The van der Waals surface area contributed by atoms with Crippen LogP contribution in [0.3, 0.4) is 0 Å². The van der Waals surface area contributed by atoms with Crippen molar-refractivity contribution in [2.45, 2.75) is 117 Å². The second-order valence-electron chi connectivity index (χ2n) is 34.2. The Kier molecular flexibility index (Phi) is 58.0.